The maximum atomic E-state index is 12.6. The van der Waals surface area contributed by atoms with Gasteiger partial charge in [0.25, 0.3) is 5.91 Å². The van der Waals surface area contributed by atoms with E-state index in [1.807, 2.05) is 12.1 Å². The summed E-state index contributed by atoms with van der Waals surface area (Å²) in [5.74, 6) is -0.682. The van der Waals surface area contributed by atoms with Crippen molar-refractivity contribution in [3.8, 4) is 0 Å². The normalized spacial score (nSPS) is 21.3. The number of hydrogen-bond donors (Lipinski definition) is 2. The fourth-order valence-corrected chi connectivity index (χ4v) is 2.86. The number of hydrogen-bond acceptors (Lipinski definition) is 4. The Morgan fingerprint density at radius 1 is 1.38 bits per heavy atom. The van der Waals surface area contributed by atoms with Crippen LogP contribution < -0.4 is 11.1 Å². The summed E-state index contributed by atoms with van der Waals surface area (Å²) in [5, 5.41) is 3.32. The zero-order valence-electron chi connectivity index (χ0n) is 11.8. The van der Waals surface area contributed by atoms with Crippen molar-refractivity contribution in [1.29, 1.82) is 0 Å². The van der Waals surface area contributed by atoms with E-state index in [9.17, 15) is 9.59 Å². The third-order valence-electron chi connectivity index (χ3n) is 4.01. The van der Waals surface area contributed by atoms with Crippen molar-refractivity contribution >= 4 is 17.5 Å². The highest BCUT2D eigenvalue weighted by Crippen LogP contribution is 2.24. The largest absolute Gasteiger partial charge is 0.385 e. The van der Waals surface area contributed by atoms with Crippen molar-refractivity contribution in [3.05, 3.63) is 29.3 Å². The number of nitrogens with two attached hydrogens (primary N) is 1. The standard InChI is InChI=1S/C15H19N3O3/c16-14(19)13-9-21-7-6-18(13)15(20)11-3-4-12-10(8-11)2-1-5-17-12/h3-4,8,13,17H,1-2,5-7,9H2,(H2,16,19). The summed E-state index contributed by atoms with van der Waals surface area (Å²) in [7, 11) is 0. The van der Waals surface area contributed by atoms with Crippen LogP contribution in [0.2, 0.25) is 0 Å². The lowest BCUT2D eigenvalue weighted by Gasteiger charge is -2.33. The second-order valence-corrected chi connectivity index (χ2v) is 5.39. The second kappa shape index (κ2) is 5.73. The average molecular weight is 289 g/mol. The summed E-state index contributed by atoms with van der Waals surface area (Å²) < 4.78 is 5.25. The Morgan fingerprint density at radius 3 is 3.05 bits per heavy atom. The smallest absolute Gasteiger partial charge is 0.254 e. The maximum absolute atomic E-state index is 12.6. The summed E-state index contributed by atoms with van der Waals surface area (Å²) in [5.41, 5.74) is 8.20. The van der Waals surface area contributed by atoms with Gasteiger partial charge in [-0.25, -0.2) is 0 Å². The predicted molar refractivity (Wildman–Crippen MR) is 78.1 cm³/mol. The molecule has 21 heavy (non-hydrogen) atoms. The van der Waals surface area contributed by atoms with Crippen LogP contribution in [0.5, 0.6) is 0 Å². The van der Waals surface area contributed by atoms with Gasteiger partial charge in [-0.05, 0) is 36.6 Å². The van der Waals surface area contributed by atoms with Gasteiger partial charge in [-0.15, -0.1) is 0 Å². The van der Waals surface area contributed by atoms with Gasteiger partial charge in [0.05, 0.1) is 13.2 Å². The van der Waals surface area contributed by atoms with E-state index >= 15 is 0 Å². The second-order valence-electron chi connectivity index (χ2n) is 5.39. The van der Waals surface area contributed by atoms with E-state index in [2.05, 4.69) is 5.32 Å². The molecule has 1 fully saturated rings. The lowest BCUT2D eigenvalue weighted by atomic mass is 10.00. The molecule has 0 saturated carbocycles. The Bertz CT molecular complexity index is 573. The molecule has 0 radical (unpaired) electrons. The number of rotatable bonds is 2. The number of aryl methyl sites for hydroxylation is 1. The number of fused-ring (bicyclic) bond motifs is 1. The van der Waals surface area contributed by atoms with Crippen molar-refractivity contribution in [2.24, 2.45) is 5.73 Å². The molecular formula is C15H19N3O3. The fourth-order valence-electron chi connectivity index (χ4n) is 2.86. The first-order valence-electron chi connectivity index (χ1n) is 7.21. The molecule has 3 N–H and O–H groups in total. The molecule has 112 valence electrons. The minimum absolute atomic E-state index is 0.157. The van der Waals surface area contributed by atoms with E-state index in [4.69, 9.17) is 10.5 Å². The van der Waals surface area contributed by atoms with Crippen LogP contribution in [-0.4, -0.2) is 49.1 Å². The average Bonchev–Trinajstić information content (AvgIpc) is 2.53. The molecule has 1 unspecified atom stereocenters. The number of morpholine rings is 1. The highest BCUT2D eigenvalue weighted by atomic mass is 16.5. The molecule has 0 aromatic heterocycles. The lowest BCUT2D eigenvalue weighted by Crippen LogP contribution is -2.54. The molecule has 1 aromatic carbocycles. The summed E-state index contributed by atoms with van der Waals surface area (Å²) in [4.78, 5) is 25.6. The monoisotopic (exact) mass is 289 g/mol. The first-order chi connectivity index (χ1) is 10.2. The minimum atomic E-state index is -0.680. The Kier molecular flexibility index (Phi) is 3.79. The number of ether oxygens (including phenoxy) is 1. The Hall–Kier alpha value is -2.08. The first kappa shape index (κ1) is 13.9. The van der Waals surface area contributed by atoms with Crippen molar-refractivity contribution in [1.82, 2.24) is 4.90 Å². The molecule has 3 rings (SSSR count). The number of nitrogens with one attached hydrogen (secondary N) is 1. The number of carbonyl (C=O) groups excluding carboxylic acids is 2. The van der Waals surface area contributed by atoms with Crippen LogP contribution in [0.1, 0.15) is 22.3 Å². The Balaban J connectivity index is 1.85. The van der Waals surface area contributed by atoms with Gasteiger partial charge < -0.3 is 20.7 Å². The van der Waals surface area contributed by atoms with E-state index in [0.717, 1.165) is 30.6 Å². The van der Waals surface area contributed by atoms with Gasteiger partial charge in [0.15, 0.2) is 0 Å². The molecule has 2 aliphatic heterocycles. The van der Waals surface area contributed by atoms with E-state index in [1.54, 1.807) is 6.07 Å². The highest BCUT2D eigenvalue weighted by Gasteiger charge is 2.32. The number of amides is 2. The summed E-state index contributed by atoms with van der Waals surface area (Å²) in [6.45, 7) is 1.96. The van der Waals surface area contributed by atoms with Crippen LogP contribution in [0.3, 0.4) is 0 Å². The predicted octanol–water partition coefficient (Wildman–Crippen LogP) is 0.371. The van der Waals surface area contributed by atoms with Gasteiger partial charge in [-0.1, -0.05) is 0 Å². The molecule has 6 nitrogen and oxygen atoms in total. The van der Waals surface area contributed by atoms with Crippen molar-refractivity contribution in [2.45, 2.75) is 18.9 Å². The van der Waals surface area contributed by atoms with Crippen molar-refractivity contribution < 1.29 is 14.3 Å². The maximum Gasteiger partial charge on any atom is 0.254 e. The molecule has 2 aliphatic rings. The molecular weight excluding hydrogens is 270 g/mol. The number of benzene rings is 1. The van der Waals surface area contributed by atoms with E-state index in [-0.39, 0.29) is 12.5 Å². The first-order valence-corrected chi connectivity index (χ1v) is 7.21. The van der Waals surface area contributed by atoms with Crippen molar-refractivity contribution in [3.63, 3.8) is 0 Å². The quantitative estimate of drug-likeness (QED) is 0.824. The lowest BCUT2D eigenvalue weighted by molar-refractivity contribution is -0.127. The summed E-state index contributed by atoms with van der Waals surface area (Å²) in [6.07, 6.45) is 2.03. The van der Waals surface area contributed by atoms with Crippen LogP contribution in [-0.2, 0) is 16.0 Å². The number of primary amides is 1. The fraction of sp³-hybridized carbons (Fsp3) is 0.467. The zero-order chi connectivity index (χ0) is 14.8. The zero-order valence-corrected chi connectivity index (χ0v) is 11.8. The SMILES string of the molecule is NC(=O)C1COCCN1C(=O)c1ccc2c(c1)CCCN2. The van der Waals surface area contributed by atoms with Gasteiger partial charge in [0, 0.05) is 24.3 Å². The van der Waals surface area contributed by atoms with Crippen LogP contribution in [0.25, 0.3) is 0 Å². The molecule has 1 aromatic rings. The van der Waals surface area contributed by atoms with Gasteiger partial charge in [0.1, 0.15) is 6.04 Å². The van der Waals surface area contributed by atoms with Crippen LogP contribution >= 0.6 is 0 Å². The van der Waals surface area contributed by atoms with E-state index < -0.39 is 11.9 Å². The van der Waals surface area contributed by atoms with E-state index in [1.165, 1.54) is 4.90 Å². The molecule has 0 spiro atoms. The summed E-state index contributed by atoms with van der Waals surface area (Å²) >= 11 is 0. The molecule has 0 aliphatic carbocycles. The van der Waals surface area contributed by atoms with Gasteiger partial charge in [-0.3, -0.25) is 9.59 Å². The Morgan fingerprint density at radius 2 is 2.24 bits per heavy atom. The van der Waals surface area contributed by atoms with Crippen LogP contribution in [0.4, 0.5) is 5.69 Å². The van der Waals surface area contributed by atoms with Gasteiger partial charge >= 0.3 is 0 Å². The Labute approximate surface area is 123 Å². The topological polar surface area (TPSA) is 84.7 Å². The number of carbonyl (C=O) groups is 2. The van der Waals surface area contributed by atoms with Crippen molar-refractivity contribution in [2.75, 3.05) is 31.6 Å². The highest BCUT2D eigenvalue weighted by molar-refractivity contribution is 5.98. The van der Waals surface area contributed by atoms with Crippen LogP contribution in [0, 0.1) is 0 Å². The van der Waals surface area contributed by atoms with Crippen LogP contribution in [0.15, 0.2) is 18.2 Å². The third kappa shape index (κ3) is 2.71. The van der Waals surface area contributed by atoms with Gasteiger partial charge in [-0.2, -0.15) is 0 Å². The molecule has 1 atom stereocenters. The number of anilines is 1. The van der Waals surface area contributed by atoms with E-state index in [0.29, 0.717) is 18.7 Å². The number of nitrogens with zero attached hydrogens (tertiary/aromatic N) is 1. The van der Waals surface area contributed by atoms with Gasteiger partial charge in [0.2, 0.25) is 5.91 Å². The molecule has 2 amide bonds. The molecule has 6 heteroatoms. The molecule has 2 heterocycles. The minimum Gasteiger partial charge on any atom is -0.385 e. The molecule has 1 saturated heterocycles. The summed E-state index contributed by atoms with van der Waals surface area (Å²) in [6, 6.07) is 4.96. The third-order valence-corrected chi connectivity index (χ3v) is 4.01. The molecule has 0 bridgehead atoms.